The summed E-state index contributed by atoms with van der Waals surface area (Å²) in [6, 6.07) is 12.6. The van der Waals surface area contributed by atoms with Crippen molar-refractivity contribution in [3.8, 4) is 0 Å². The van der Waals surface area contributed by atoms with Gasteiger partial charge in [-0.25, -0.2) is 8.42 Å². The van der Waals surface area contributed by atoms with Crippen LogP contribution in [0.15, 0.2) is 46.9 Å². The van der Waals surface area contributed by atoms with Crippen molar-refractivity contribution < 1.29 is 18.0 Å². The zero-order valence-corrected chi connectivity index (χ0v) is 24.4. The quantitative estimate of drug-likeness (QED) is 0.385. The standard InChI is InChI=1S/C27H38BrN3O4S/c1-7-21(4)29-27(33)22(5)30(18-23-10-12-24(28)13-11-23)26(32)9-8-14-31(36(6,34)35)25-16-19(2)15-20(3)17-25/h10-13,15-17,21-22H,7-9,14,18H2,1-6H3,(H,29,33)/t21-,22-/m1/s1. The number of carbonyl (C=O) groups excluding carboxylic acids is 2. The van der Waals surface area contributed by atoms with Crippen LogP contribution in [0.2, 0.25) is 0 Å². The number of nitrogens with zero attached hydrogens (tertiary/aromatic N) is 2. The summed E-state index contributed by atoms with van der Waals surface area (Å²) in [7, 11) is -3.53. The van der Waals surface area contributed by atoms with Gasteiger partial charge in [-0.15, -0.1) is 0 Å². The van der Waals surface area contributed by atoms with Crippen LogP contribution in [-0.2, 0) is 26.2 Å². The fraction of sp³-hybridized carbons (Fsp3) is 0.481. The van der Waals surface area contributed by atoms with E-state index in [9.17, 15) is 18.0 Å². The average molecular weight is 581 g/mol. The Morgan fingerprint density at radius 3 is 2.14 bits per heavy atom. The Bertz CT molecular complexity index is 1130. The fourth-order valence-electron chi connectivity index (χ4n) is 3.93. The minimum absolute atomic E-state index is 0.00527. The van der Waals surface area contributed by atoms with Crippen LogP contribution in [0.3, 0.4) is 0 Å². The predicted octanol–water partition coefficient (Wildman–Crippen LogP) is 4.94. The highest BCUT2D eigenvalue weighted by atomic mass is 79.9. The lowest BCUT2D eigenvalue weighted by molar-refractivity contribution is -0.140. The fourth-order valence-corrected chi connectivity index (χ4v) is 5.15. The van der Waals surface area contributed by atoms with E-state index >= 15 is 0 Å². The normalized spacial score (nSPS) is 13.1. The highest BCUT2D eigenvalue weighted by Gasteiger charge is 2.27. The summed E-state index contributed by atoms with van der Waals surface area (Å²) < 4.78 is 27.3. The van der Waals surface area contributed by atoms with Crippen LogP contribution in [0.4, 0.5) is 5.69 Å². The number of anilines is 1. The van der Waals surface area contributed by atoms with Gasteiger partial charge < -0.3 is 10.2 Å². The van der Waals surface area contributed by atoms with Crippen molar-refractivity contribution in [3.63, 3.8) is 0 Å². The van der Waals surface area contributed by atoms with Crippen molar-refractivity contribution in [1.82, 2.24) is 10.2 Å². The summed E-state index contributed by atoms with van der Waals surface area (Å²) in [5.74, 6) is -0.401. The van der Waals surface area contributed by atoms with Crippen molar-refractivity contribution in [1.29, 1.82) is 0 Å². The van der Waals surface area contributed by atoms with Gasteiger partial charge in [0.2, 0.25) is 21.8 Å². The molecule has 2 aromatic carbocycles. The SMILES string of the molecule is CC[C@@H](C)NC(=O)[C@@H](C)N(Cc1ccc(Br)cc1)C(=O)CCCN(c1cc(C)cc(C)c1)S(C)(=O)=O. The third-order valence-electron chi connectivity index (χ3n) is 6.08. The number of carbonyl (C=O) groups is 2. The molecule has 0 aliphatic rings. The first-order valence-electron chi connectivity index (χ1n) is 12.2. The van der Waals surface area contributed by atoms with Gasteiger partial charge in [-0.1, -0.05) is 41.1 Å². The van der Waals surface area contributed by atoms with E-state index in [1.54, 1.807) is 11.8 Å². The van der Waals surface area contributed by atoms with Gasteiger partial charge in [0.15, 0.2) is 0 Å². The number of nitrogens with one attached hydrogen (secondary N) is 1. The topological polar surface area (TPSA) is 86.8 Å². The molecule has 7 nitrogen and oxygen atoms in total. The second-order valence-electron chi connectivity index (χ2n) is 9.43. The molecule has 1 N–H and O–H groups in total. The molecule has 2 amide bonds. The minimum Gasteiger partial charge on any atom is -0.352 e. The molecule has 0 heterocycles. The number of sulfonamides is 1. The maximum absolute atomic E-state index is 13.4. The first kappa shape index (κ1) is 29.8. The van der Waals surface area contributed by atoms with Gasteiger partial charge in [0.1, 0.15) is 6.04 Å². The Hall–Kier alpha value is -2.39. The molecule has 0 bridgehead atoms. The Morgan fingerprint density at radius 2 is 1.61 bits per heavy atom. The summed E-state index contributed by atoms with van der Waals surface area (Å²) in [6.07, 6.45) is 2.41. The van der Waals surface area contributed by atoms with Gasteiger partial charge >= 0.3 is 0 Å². The predicted molar refractivity (Wildman–Crippen MR) is 149 cm³/mol. The molecule has 2 atom stereocenters. The van der Waals surface area contributed by atoms with E-state index in [0.29, 0.717) is 12.1 Å². The maximum atomic E-state index is 13.4. The summed E-state index contributed by atoms with van der Waals surface area (Å²) in [5, 5.41) is 2.96. The zero-order chi connectivity index (χ0) is 27.0. The zero-order valence-electron chi connectivity index (χ0n) is 22.0. The third-order valence-corrected chi connectivity index (χ3v) is 7.80. The van der Waals surface area contributed by atoms with E-state index in [-0.39, 0.29) is 37.4 Å². The largest absolute Gasteiger partial charge is 0.352 e. The average Bonchev–Trinajstić information content (AvgIpc) is 2.79. The first-order valence-corrected chi connectivity index (χ1v) is 14.9. The van der Waals surface area contributed by atoms with Crippen molar-refractivity contribution in [2.24, 2.45) is 0 Å². The van der Waals surface area contributed by atoms with Gasteiger partial charge in [0.05, 0.1) is 11.9 Å². The second-order valence-corrected chi connectivity index (χ2v) is 12.2. The van der Waals surface area contributed by atoms with Gasteiger partial charge in [0.25, 0.3) is 0 Å². The molecule has 0 aromatic heterocycles. The molecule has 198 valence electrons. The molecule has 36 heavy (non-hydrogen) atoms. The molecular formula is C27H38BrN3O4S. The molecule has 9 heteroatoms. The third kappa shape index (κ3) is 8.92. The number of hydrogen-bond donors (Lipinski definition) is 1. The number of amides is 2. The molecular weight excluding hydrogens is 542 g/mol. The number of benzene rings is 2. The van der Waals surface area contributed by atoms with Crippen molar-refractivity contribution in [3.05, 3.63) is 63.6 Å². The highest BCUT2D eigenvalue weighted by molar-refractivity contribution is 9.10. The van der Waals surface area contributed by atoms with E-state index in [0.717, 1.165) is 27.6 Å². The Labute approximate surface area is 224 Å². The number of rotatable bonds is 12. The van der Waals surface area contributed by atoms with Gasteiger partial charge in [-0.3, -0.25) is 13.9 Å². The van der Waals surface area contributed by atoms with Crippen LogP contribution >= 0.6 is 15.9 Å². The maximum Gasteiger partial charge on any atom is 0.242 e. The minimum atomic E-state index is -3.53. The van der Waals surface area contributed by atoms with E-state index in [1.165, 1.54) is 10.6 Å². The van der Waals surface area contributed by atoms with Crippen molar-refractivity contribution >= 4 is 43.5 Å². The van der Waals surface area contributed by atoms with Crippen molar-refractivity contribution in [2.45, 2.75) is 72.5 Å². The van der Waals surface area contributed by atoms with Gasteiger partial charge in [-0.05, 0) is 81.5 Å². The molecule has 0 unspecified atom stereocenters. The molecule has 0 spiro atoms. The van der Waals surface area contributed by atoms with Crippen molar-refractivity contribution in [2.75, 3.05) is 17.1 Å². The summed E-state index contributed by atoms with van der Waals surface area (Å²) in [6.45, 7) is 9.95. The van der Waals surface area contributed by atoms with Crippen LogP contribution in [0.25, 0.3) is 0 Å². The lowest BCUT2D eigenvalue weighted by atomic mass is 10.1. The van der Waals surface area contributed by atoms with E-state index in [1.807, 2.05) is 70.2 Å². The molecule has 0 saturated heterocycles. The molecule has 0 aliphatic carbocycles. The lowest BCUT2D eigenvalue weighted by Crippen LogP contribution is -2.49. The van der Waals surface area contributed by atoms with Gasteiger partial charge in [0, 0.05) is 30.0 Å². The smallest absolute Gasteiger partial charge is 0.242 e. The van der Waals surface area contributed by atoms with Crippen LogP contribution in [-0.4, -0.2) is 50.0 Å². The second kappa shape index (κ2) is 13.2. The van der Waals surface area contributed by atoms with Crippen LogP contribution in [0.1, 0.15) is 56.7 Å². The van der Waals surface area contributed by atoms with Gasteiger partial charge in [-0.2, -0.15) is 0 Å². The molecule has 0 fully saturated rings. The summed E-state index contributed by atoms with van der Waals surface area (Å²) in [4.78, 5) is 27.8. The van der Waals surface area contributed by atoms with E-state index in [4.69, 9.17) is 0 Å². The highest BCUT2D eigenvalue weighted by Crippen LogP contribution is 2.22. The Morgan fingerprint density at radius 1 is 1.03 bits per heavy atom. The molecule has 0 aliphatic heterocycles. The number of aryl methyl sites for hydroxylation is 2. The number of hydrogen-bond acceptors (Lipinski definition) is 4. The molecule has 0 radical (unpaired) electrons. The molecule has 0 saturated carbocycles. The van der Waals surface area contributed by atoms with E-state index in [2.05, 4.69) is 21.2 Å². The van der Waals surface area contributed by atoms with Crippen LogP contribution in [0, 0.1) is 13.8 Å². The molecule has 2 rings (SSSR count). The molecule has 2 aromatic rings. The van der Waals surface area contributed by atoms with Crippen LogP contribution < -0.4 is 9.62 Å². The van der Waals surface area contributed by atoms with E-state index < -0.39 is 16.1 Å². The number of halogens is 1. The lowest BCUT2D eigenvalue weighted by Gasteiger charge is -2.30. The first-order chi connectivity index (χ1) is 16.8. The Balaban J connectivity index is 2.19. The van der Waals surface area contributed by atoms with Crippen LogP contribution in [0.5, 0.6) is 0 Å². The Kier molecular flexibility index (Phi) is 11.0. The monoisotopic (exact) mass is 579 g/mol. The summed E-state index contributed by atoms with van der Waals surface area (Å²) >= 11 is 3.42. The summed E-state index contributed by atoms with van der Waals surface area (Å²) in [5.41, 5.74) is 3.44.